The van der Waals surface area contributed by atoms with Gasteiger partial charge in [-0.25, -0.2) is 29.9 Å². The predicted molar refractivity (Wildman–Crippen MR) is 153 cm³/mol. The van der Waals surface area contributed by atoms with E-state index in [9.17, 15) is 4.79 Å². The van der Waals surface area contributed by atoms with Gasteiger partial charge in [0.2, 0.25) is 0 Å². The van der Waals surface area contributed by atoms with Crippen molar-refractivity contribution >= 4 is 83.4 Å². The van der Waals surface area contributed by atoms with Crippen LogP contribution in [0.25, 0.3) is 20.7 Å². The molecule has 5 heterocycles. The van der Waals surface area contributed by atoms with Gasteiger partial charge in [0.1, 0.15) is 33.3 Å². The molecule has 5 aromatic rings. The molecule has 8 rings (SSSR count). The SMILES string of the molecule is Clc1ncnc2sc(C3CCC3)nc12.O=C1Cc2ccc(Nc3ncnc4sc(C5CCC5)nc34)cc2S1. The van der Waals surface area contributed by atoms with E-state index in [-0.39, 0.29) is 5.12 Å². The Hall–Kier alpha value is -2.73. The lowest BCUT2D eigenvalue weighted by Crippen LogP contribution is -2.07. The highest BCUT2D eigenvalue weighted by Gasteiger charge is 2.25. The van der Waals surface area contributed by atoms with Crippen molar-refractivity contribution in [2.24, 2.45) is 0 Å². The Labute approximate surface area is 235 Å². The lowest BCUT2D eigenvalue weighted by atomic mass is 9.86. The number of nitrogens with one attached hydrogen (secondary N) is 1. The number of aromatic nitrogens is 6. The Kier molecular flexibility index (Phi) is 6.47. The summed E-state index contributed by atoms with van der Waals surface area (Å²) in [6.07, 6.45) is 11.2. The van der Waals surface area contributed by atoms with Crippen LogP contribution in [0.1, 0.15) is 65.9 Å². The first-order valence-corrected chi connectivity index (χ1v) is 15.4. The second-order valence-corrected chi connectivity index (χ2v) is 13.1. The summed E-state index contributed by atoms with van der Waals surface area (Å²) in [5, 5.41) is 6.37. The number of thiazole rings is 2. The summed E-state index contributed by atoms with van der Waals surface area (Å²) >= 11 is 10.6. The minimum atomic E-state index is 0.205. The number of nitrogens with zero attached hydrogens (tertiary/aromatic N) is 6. The van der Waals surface area contributed by atoms with Gasteiger partial charge in [0.25, 0.3) is 0 Å². The number of thioether (sulfide) groups is 1. The van der Waals surface area contributed by atoms with E-state index in [1.165, 1.54) is 66.6 Å². The molecule has 0 unspecified atom stereocenters. The van der Waals surface area contributed by atoms with Gasteiger partial charge in [-0.05, 0) is 43.4 Å². The number of carbonyl (C=O) groups excluding carboxylic acids is 1. The highest BCUT2D eigenvalue weighted by atomic mass is 35.5. The zero-order chi connectivity index (χ0) is 25.6. The van der Waals surface area contributed by atoms with Gasteiger partial charge in [-0.1, -0.05) is 64.9 Å². The van der Waals surface area contributed by atoms with E-state index >= 15 is 0 Å². The normalized spacial score (nSPS) is 17.1. The minimum Gasteiger partial charge on any atom is -0.338 e. The lowest BCUT2D eigenvalue weighted by molar-refractivity contribution is -0.110. The van der Waals surface area contributed by atoms with E-state index in [0.717, 1.165) is 42.7 Å². The fourth-order valence-electron chi connectivity index (χ4n) is 4.59. The van der Waals surface area contributed by atoms with Crippen LogP contribution in [0.5, 0.6) is 0 Å². The highest BCUT2D eigenvalue weighted by Crippen LogP contribution is 2.42. The number of rotatable bonds is 4. The molecule has 0 bridgehead atoms. The number of fused-ring (bicyclic) bond motifs is 3. The highest BCUT2D eigenvalue weighted by molar-refractivity contribution is 8.14. The van der Waals surface area contributed by atoms with Gasteiger partial charge >= 0.3 is 0 Å². The van der Waals surface area contributed by atoms with Crippen LogP contribution in [0.2, 0.25) is 5.15 Å². The molecule has 1 N–H and O–H groups in total. The maximum Gasteiger partial charge on any atom is 0.198 e. The molecule has 192 valence electrons. The smallest absolute Gasteiger partial charge is 0.198 e. The van der Waals surface area contributed by atoms with Crippen molar-refractivity contribution in [3.8, 4) is 0 Å². The third kappa shape index (κ3) is 4.66. The molecule has 2 saturated carbocycles. The molecule has 3 aliphatic rings. The number of halogens is 1. The van der Waals surface area contributed by atoms with E-state index in [1.54, 1.807) is 29.0 Å². The number of carbonyl (C=O) groups is 1. The molecule has 8 nitrogen and oxygen atoms in total. The molecule has 0 atom stereocenters. The molecule has 0 radical (unpaired) electrons. The molecule has 2 fully saturated rings. The molecule has 0 amide bonds. The van der Waals surface area contributed by atoms with Gasteiger partial charge in [-0.3, -0.25) is 4.79 Å². The maximum absolute atomic E-state index is 11.6. The molecule has 1 aromatic carbocycles. The Morgan fingerprint density at radius 3 is 2.16 bits per heavy atom. The van der Waals surface area contributed by atoms with Crippen molar-refractivity contribution < 1.29 is 4.79 Å². The molecular weight excluding hydrogens is 558 g/mol. The van der Waals surface area contributed by atoms with E-state index in [1.807, 2.05) is 18.2 Å². The third-order valence-electron chi connectivity index (χ3n) is 7.18. The molecule has 0 saturated heterocycles. The van der Waals surface area contributed by atoms with E-state index in [0.29, 0.717) is 23.4 Å². The van der Waals surface area contributed by atoms with Crippen LogP contribution < -0.4 is 5.32 Å². The van der Waals surface area contributed by atoms with E-state index < -0.39 is 0 Å². The fraction of sp³-hybridized carbons (Fsp3) is 0.346. The fourth-order valence-corrected chi connectivity index (χ4v) is 7.90. The molecule has 12 heteroatoms. The van der Waals surface area contributed by atoms with Crippen molar-refractivity contribution in [2.45, 2.75) is 61.7 Å². The van der Waals surface area contributed by atoms with E-state index in [4.69, 9.17) is 16.6 Å². The van der Waals surface area contributed by atoms with Crippen LogP contribution in [0.15, 0.2) is 35.7 Å². The predicted octanol–water partition coefficient (Wildman–Crippen LogP) is 7.28. The summed E-state index contributed by atoms with van der Waals surface area (Å²) in [4.78, 5) is 40.5. The zero-order valence-electron chi connectivity index (χ0n) is 20.2. The van der Waals surface area contributed by atoms with Crippen molar-refractivity contribution in [3.05, 3.63) is 51.6 Å². The van der Waals surface area contributed by atoms with Crippen LogP contribution >= 0.6 is 46.0 Å². The number of benzene rings is 1. The summed E-state index contributed by atoms with van der Waals surface area (Å²) in [6, 6.07) is 6.01. The second kappa shape index (κ2) is 10.1. The molecule has 1 aliphatic heterocycles. The Balaban J connectivity index is 0.000000147. The molecule has 38 heavy (non-hydrogen) atoms. The first kappa shape index (κ1) is 24.3. The average molecular weight is 580 g/mol. The third-order valence-corrected chi connectivity index (χ3v) is 10.7. The quantitative estimate of drug-likeness (QED) is 0.220. The minimum absolute atomic E-state index is 0.205. The van der Waals surface area contributed by atoms with Crippen LogP contribution in [0.3, 0.4) is 0 Å². The van der Waals surface area contributed by atoms with Gasteiger partial charge in [0.05, 0.1) is 10.0 Å². The second-order valence-electron chi connectivity index (χ2n) is 9.65. The average Bonchev–Trinajstić information content (AvgIpc) is 3.54. The molecule has 2 aliphatic carbocycles. The Morgan fingerprint density at radius 1 is 0.842 bits per heavy atom. The Bertz CT molecular complexity index is 1680. The summed E-state index contributed by atoms with van der Waals surface area (Å²) in [5.74, 6) is 1.97. The van der Waals surface area contributed by atoms with Gasteiger partial charge in [0.15, 0.2) is 16.1 Å². The van der Waals surface area contributed by atoms with Crippen LogP contribution in [-0.2, 0) is 11.2 Å². The van der Waals surface area contributed by atoms with Gasteiger partial charge in [0, 0.05) is 28.8 Å². The molecule has 4 aromatic heterocycles. The lowest BCUT2D eigenvalue weighted by Gasteiger charge is -2.22. The van der Waals surface area contributed by atoms with Crippen molar-refractivity contribution in [3.63, 3.8) is 0 Å². The van der Waals surface area contributed by atoms with Crippen molar-refractivity contribution in [1.82, 2.24) is 29.9 Å². The Morgan fingerprint density at radius 2 is 1.50 bits per heavy atom. The topological polar surface area (TPSA) is 106 Å². The maximum atomic E-state index is 11.6. The largest absolute Gasteiger partial charge is 0.338 e. The van der Waals surface area contributed by atoms with Crippen LogP contribution in [-0.4, -0.2) is 35.0 Å². The number of hydrogen-bond acceptors (Lipinski definition) is 11. The first-order valence-electron chi connectivity index (χ1n) is 12.6. The van der Waals surface area contributed by atoms with Crippen molar-refractivity contribution in [1.29, 1.82) is 0 Å². The summed E-state index contributed by atoms with van der Waals surface area (Å²) in [5.41, 5.74) is 3.63. The standard InChI is InChI=1S/C17H14N4OS2.C9H8ClN3S/c22-13-6-10-4-5-11(7-12(10)23-13)20-15-14-17(19-8-18-15)24-16(21-14)9-2-1-3-9;10-7-6-9(12-4-11-7)14-8(13-6)5-2-1-3-5/h4-5,7-9H,1-3,6H2,(H,18,19,20);4-5H,1-3H2. The van der Waals surface area contributed by atoms with Gasteiger partial charge in [-0.2, -0.15) is 0 Å². The van der Waals surface area contributed by atoms with Crippen LogP contribution in [0.4, 0.5) is 11.5 Å². The number of hydrogen-bond donors (Lipinski definition) is 1. The summed E-state index contributed by atoms with van der Waals surface area (Å²) in [7, 11) is 0. The number of anilines is 2. The zero-order valence-corrected chi connectivity index (χ0v) is 23.4. The van der Waals surface area contributed by atoms with Crippen molar-refractivity contribution in [2.75, 3.05) is 5.32 Å². The summed E-state index contributed by atoms with van der Waals surface area (Å²) < 4.78 is 0. The monoisotopic (exact) mass is 579 g/mol. The molecular formula is C26H22ClN7OS3. The van der Waals surface area contributed by atoms with Gasteiger partial charge < -0.3 is 5.32 Å². The van der Waals surface area contributed by atoms with Gasteiger partial charge in [-0.15, -0.1) is 0 Å². The van der Waals surface area contributed by atoms with Crippen LogP contribution in [0, 0.1) is 0 Å². The first-order chi connectivity index (χ1) is 18.6. The molecule has 0 spiro atoms. The van der Waals surface area contributed by atoms with E-state index in [2.05, 4.69) is 30.2 Å². The summed E-state index contributed by atoms with van der Waals surface area (Å²) in [6.45, 7) is 0.